The number of rotatable bonds is 4. The topological polar surface area (TPSA) is 76.4 Å². The monoisotopic (exact) mass is 471 g/mol. The zero-order chi connectivity index (χ0) is 22.0. The van der Waals surface area contributed by atoms with E-state index in [1.807, 2.05) is 0 Å². The average Bonchev–Trinajstić information content (AvgIpc) is 3.18. The van der Waals surface area contributed by atoms with Crippen LogP contribution < -0.4 is 15.4 Å². The van der Waals surface area contributed by atoms with E-state index >= 15 is 0 Å². The fourth-order valence-corrected chi connectivity index (χ4v) is 3.46. The number of amides is 1. The van der Waals surface area contributed by atoms with Crippen LogP contribution in [0.4, 0.5) is 5.69 Å². The lowest BCUT2D eigenvalue weighted by atomic mass is 10.2. The number of hydrogen-bond acceptors (Lipinski definition) is 5. The molecule has 1 aromatic heterocycles. The first kappa shape index (κ1) is 21.1. The number of carbonyl (C=O) groups excluding carboxylic acids is 1. The van der Waals surface area contributed by atoms with E-state index in [1.165, 1.54) is 7.11 Å². The van der Waals surface area contributed by atoms with Crippen LogP contribution >= 0.6 is 35.4 Å². The standard InChI is InChI=1S/C22H15Cl2N3O3S/c1-29-15-4-2-3-12(9-15)20(28)27-22(31)25-14-6-8-19-18(11-14)26-21(30-19)16-10-13(23)5-7-17(16)24/h2-11H,1H3,(H2,25,27,28,31). The number of benzene rings is 3. The van der Waals surface area contributed by atoms with Gasteiger partial charge in [-0.25, -0.2) is 4.98 Å². The van der Waals surface area contributed by atoms with E-state index in [9.17, 15) is 4.79 Å². The Morgan fingerprint density at radius 1 is 1.10 bits per heavy atom. The van der Waals surface area contributed by atoms with Crippen molar-refractivity contribution in [1.82, 2.24) is 10.3 Å². The van der Waals surface area contributed by atoms with Crippen molar-refractivity contribution in [2.75, 3.05) is 12.4 Å². The highest BCUT2D eigenvalue weighted by atomic mass is 35.5. The molecule has 31 heavy (non-hydrogen) atoms. The van der Waals surface area contributed by atoms with E-state index in [-0.39, 0.29) is 11.0 Å². The van der Waals surface area contributed by atoms with Gasteiger partial charge in [-0.05, 0) is 66.8 Å². The minimum atomic E-state index is -0.350. The molecule has 2 N–H and O–H groups in total. The average molecular weight is 472 g/mol. The fourth-order valence-electron chi connectivity index (χ4n) is 2.88. The van der Waals surface area contributed by atoms with Crippen LogP contribution in [0.1, 0.15) is 10.4 Å². The van der Waals surface area contributed by atoms with Gasteiger partial charge in [-0.3, -0.25) is 10.1 Å². The molecule has 156 valence electrons. The molecule has 0 saturated heterocycles. The minimum absolute atomic E-state index is 0.147. The second-order valence-corrected chi connectivity index (χ2v) is 7.72. The quantitative estimate of drug-likeness (QED) is 0.358. The van der Waals surface area contributed by atoms with Crippen molar-refractivity contribution in [3.05, 3.63) is 76.3 Å². The number of ether oxygens (including phenoxy) is 1. The summed E-state index contributed by atoms with van der Waals surface area (Å²) < 4.78 is 10.9. The molecule has 0 aliphatic heterocycles. The Balaban J connectivity index is 1.50. The summed E-state index contributed by atoms with van der Waals surface area (Å²) in [6.07, 6.45) is 0. The predicted molar refractivity (Wildman–Crippen MR) is 126 cm³/mol. The van der Waals surface area contributed by atoms with Crippen LogP contribution in [0.2, 0.25) is 10.0 Å². The van der Waals surface area contributed by atoms with E-state index in [2.05, 4.69) is 15.6 Å². The lowest BCUT2D eigenvalue weighted by molar-refractivity contribution is 0.0977. The lowest BCUT2D eigenvalue weighted by Gasteiger charge is -2.10. The number of halogens is 2. The van der Waals surface area contributed by atoms with E-state index in [0.717, 1.165) is 0 Å². The molecular formula is C22H15Cl2N3O3S. The summed E-state index contributed by atoms with van der Waals surface area (Å²) in [6.45, 7) is 0. The Kier molecular flexibility index (Phi) is 6.08. The number of nitrogens with one attached hydrogen (secondary N) is 2. The molecule has 0 atom stereocenters. The second-order valence-electron chi connectivity index (χ2n) is 6.47. The number of fused-ring (bicyclic) bond motifs is 1. The van der Waals surface area contributed by atoms with Crippen LogP contribution in [-0.2, 0) is 0 Å². The van der Waals surface area contributed by atoms with E-state index in [4.69, 9.17) is 44.6 Å². The van der Waals surface area contributed by atoms with Gasteiger partial charge in [-0.2, -0.15) is 0 Å². The van der Waals surface area contributed by atoms with Gasteiger partial charge in [0.25, 0.3) is 5.91 Å². The molecular weight excluding hydrogens is 457 g/mol. The van der Waals surface area contributed by atoms with Crippen LogP contribution in [0.25, 0.3) is 22.6 Å². The zero-order valence-electron chi connectivity index (χ0n) is 16.1. The van der Waals surface area contributed by atoms with E-state index < -0.39 is 0 Å². The number of nitrogens with zero attached hydrogens (tertiary/aromatic N) is 1. The maximum absolute atomic E-state index is 12.4. The summed E-state index contributed by atoms with van der Waals surface area (Å²) in [4.78, 5) is 16.9. The number of thiocarbonyl (C=S) groups is 1. The zero-order valence-corrected chi connectivity index (χ0v) is 18.4. The van der Waals surface area contributed by atoms with E-state index in [0.29, 0.717) is 49.6 Å². The van der Waals surface area contributed by atoms with Gasteiger partial charge < -0.3 is 14.5 Å². The number of hydrogen-bond donors (Lipinski definition) is 2. The molecule has 0 unspecified atom stereocenters. The van der Waals surface area contributed by atoms with Crippen molar-refractivity contribution >= 4 is 63.2 Å². The van der Waals surface area contributed by atoms with Crippen LogP contribution in [0.5, 0.6) is 5.75 Å². The van der Waals surface area contributed by atoms with Crippen LogP contribution in [0.15, 0.2) is 65.1 Å². The first-order chi connectivity index (χ1) is 14.9. The number of oxazole rings is 1. The van der Waals surface area contributed by atoms with Crippen LogP contribution in [0, 0.1) is 0 Å². The molecule has 0 spiro atoms. The Morgan fingerprint density at radius 2 is 1.94 bits per heavy atom. The highest BCUT2D eigenvalue weighted by Gasteiger charge is 2.14. The molecule has 3 aromatic carbocycles. The molecule has 0 bridgehead atoms. The highest BCUT2D eigenvalue weighted by Crippen LogP contribution is 2.32. The van der Waals surface area contributed by atoms with Gasteiger partial charge in [0.15, 0.2) is 10.7 Å². The van der Waals surface area contributed by atoms with Crippen molar-refractivity contribution in [2.24, 2.45) is 0 Å². The van der Waals surface area contributed by atoms with Crippen LogP contribution in [-0.4, -0.2) is 23.1 Å². The Bertz CT molecular complexity index is 1310. The van der Waals surface area contributed by atoms with Gasteiger partial charge in [0.1, 0.15) is 11.3 Å². The predicted octanol–water partition coefficient (Wildman–Crippen LogP) is 5.94. The maximum Gasteiger partial charge on any atom is 0.257 e. The molecule has 0 fully saturated rings. The smallest absolute Gasteiger partial charge is 0.257 e. The second kappa shape index (κ2) is 8.93. The third-order valence-electron chi connectivity index (χ3n) is 4.36. The van der Waals surface area contributed by atoms with Gasteiger partial charge >= 0.3 is 0 Å². The maximum atomic E-state index is 12.4. The Hall–Kier alpha value is -3.13. The molecule has 4 aromatic rings. The molecule has 1 amide bonds. The molecule has 0 saturated carbocycles. The highest BCUT2D eigenvalue weighted by molar-refractivity contribution is 7.80. The van der Waals surface area contributed by atoms with Crippen LogP contribution in [0.3, 0.4) is 0 Å². The van der Waals surface area contributed by atoms with Gasteiger partial charge in [0.05, 0.1) is 17.7 Å². The SMILES string of the molecule is COc1cccc(C(=O)NC(=S)Nc2ccc3oc(-c4cc(Cl)ccc4Cl)nc3c2)c1. The van der Waals surface area contributed by atoms with Gasteiger partial charge in [0.2, 0.25) is 5.89 Å². The summed E-state index contributed by atoms with van der Waals surface area (Å²) in [7, 11) is 1.54. The molecule has 0 aliphatic rings. The summed E-state index contributed by atoms with van der Waals surface area (Å²) in [5.41, 5.74) is 2.83. The number of methoxy groups -OCH3 is 1. The first-order valence-corrected chi connectivity index (χ1v) is 10.2. The Labute approximate surface area is 193 Å². The third kappa shape index (κ3) is 4.80. The summed E-state index contributed by atoms with van der Waals surface area (Å²) in [5.74, 6) is 0.587. The third-order valence-corrected chi connectivity index (χ3v) is 5.13. The van der Waals surface area contributed by atoms with Crippen molar-refractivity contribution in [2.45, 2.75) is 0 Å². The molecule has 0 aliphatic carbocycles. The summed E-state index contributed by atoms with van der Waals surface area (Å²) in [5, 5.41) is 6.77. The number of carbonyl (C=O) groups is 1. The van der Waals surface area contributed by atoms with Crippen molar-refractivity contribution < 1.29 is 13.9 Å². The lowest BCUT2D eigenvalue weighted by Crippen LogP contribution is -2.34. The molecule has 4 rings (SSSR count). The molecule has 1 heterocycles. The molecule has 9 heteroatoms. The molecule has 6 nitrogen and oxygen atoms in total. The van der Waals surface area contributed by atoms with Gasteiger partial charge in [-0.15, -0.1) is 0 Å². The fraction of sp³-hybridized carbons (Fsp3) is 0.0455. The molecule has 0 radical (unpaired) electrons. The minimum Gasteiger partial charge on any atom is -0.497 e. The summed E-state index contributed by atoms with van der Waals surface area (Å²) in [6, 6.07) is 17.1. The van der Waals surface area contributed by atoms with Crippen molar-refractivity contribution in [1.29, 1.82) is 0 Å². The van der Waals surface area contributed by atoms with Crippen molar-refractivity contribution in [3.8, 4) is 17.2 Å². The number of aromatic nitrogens is 1. The largest absolute Gasteiger partial charge is 0.497 e. The Morgan fingerprint density at radius 3 is 2.74 bits per heavy atom. The van der Waals surface area contributed by atoms with Crippen molar-refractivity contribution in [3.63, 3.8) is 0 Å². The van der Waals surface area contributed by atoms with Gasteiger partial charge in [0, 0.05) is 16.3 Å². The first-order valence-electron chi connectivity index (χ1n) is 9.05. The van der Waals surface area contributed by atoms with Gasteiger partial charge in [-0.1, -0.05) is 29.3 Å². The normalized spacial score (nSPS) is 10.7. The number of anilines is 1. The van der Waals surface area contributed by atoms with E-state index in [1.54, 1.807) is 60.7 Å². The summed E-state index contributed by atoms with van der Waals surface area (Å²) >= 11 is 17.6.